The number of nitrogens with zero attached hydrogens (tertiary/aromatic N) is 3. The van der Waals surface area contributed by atoms with E-state index in [1.165, 1.54) is 29.2 Å². The molecule has 1 fully saturated rings. The van der Waals surface area contributed by atoms with Gasteiger partial charge in [-0.05, 0) is 83.2 Å². The summed E-state index contributed by atoms with van der Waals surface area (Å²) in [6, 6.07) is 8.99. The quantitative estimate of drug-likeness (QED) is 0.449. The van der Waals surface area contributed by atoms with Crippen molar-refractivity contribution in [2.75, 3.05) is 15.1 Å². The Kier molecular flexibility index (Phi) is 7.00. The Bertz CT molecular complexity index is 1300. The molecule has 0 unspecified atom stereocenters. The van der Waals surface area contributed by atoms with E-state index in [0.717, 1.165) is 17.0 Å². The van der Waals surface area contributed by atoms with Gasteiger partial charge in [-0.1, -0.05) is 11.6 Å². The molecule has 0 saturated carbocycles. The van der Waals surface area contributed by atoms with E-state index < -0.39 is 40.4 Å². The first-order valence-corrected chi connectivity index (χ1v) is 11.4. The van der Waals surface area contributed by atoms with Gasteiger partial charge in [0.1, 0.15) is 11.1 Å². The summed E-state index contributed by atoms with van der Waals surface area (Å²) in [7, 11) is 0. The Hall–Kier alpha value is -3.36. The Balaban J connectivity index is 2.03. The van der Waals surface area contributed by atoms with E-state index in [2.05, 4.69) is 5.32 Å². The third kappa shape index (κ3) is 5.24. The van der Waals surface area contributed by atoms with Gasteiger partial charge < -0.3 is 9.64 Å². The summed E-state index contributed by atoms with van der Waals surface area (Å²) in [6.07, 6.45) is -5.56. The number of ether oxygens (including phenoxy) is 1. The smallest absolute Gasteiger partial charge is 0.417 e. The second kappa shape index (κ2) is 9.26. The minimum Gasteiger partial charge on any atom is -0.444 e. The molecule has 7 nitrogen and oxygen atoms in total. The molecule has 0 atom stereocenters. The summed E-state index contributed by atoms with van der Waals surface area (Å²) >= 11 is 11.8. The number of nitriles is 1. The number of thiocarbonyl (C=S) groups is 1. The Morgan fingerprint density at radius 3 is 2.31 bits per heavy atom. The van der Waals surface area contributed by atoms with Gasteiger partial charge >= 0.3 is 12.3 Å². The zero-order chi connectivity index (χ0) is 27.2. The number of rotatable bonds is 3. The lowest BCUT2D eigenvalue weighted by Crippen LogP contribution is -2.44. The predicted octanol–water partition coefficient (Wildman–Crippen LogP) is 6.49. The van der Waals surface area contributed by atoms with Crippen molar-refractivity contribution in [2.24, 2.45) is 0 Å². The number of amides is 2. The van der Waals surface area contributed by atoms with E-state index in [4.69, 9.17) is 33.8 Å². The standard InChI is InChI=1S/C24H22ClF3N4O3S/c1-22(2,3)35-20(34)30-18-11-15(8-9-17(18)25)32-21(36)31(19(33)23(32,4)5)14-7-6-13(12-29)16(10-14)24(26,27)28/h6-11H,1-5H3,(H,30,34). The molecule has 1 aliphatic heterocycles. The predicted molar refractivity (Wildman–Crippen MR) is 134 cm³/mol. The molecule has 3 rings (SSSR count). The summed E-state index contributed by atoms with van der Waals surface area (Å²) in [5, 5.41) is 11.7. The monoisotopic (exact) mass is 538 g/mol. The van der Waals surface area contributed by atoms with Crippen LogP contribution in [0.1, 0.15) is 45.7 Å². The molecule has 1 heterocycles. The summed E-state index contributed by atoms with van der Waals surface area (Å²) < 4.78 is 45.8. The van der Waals surface area contributed by atoms with Gasteiger partial charge in [0.15, 0.2) is 5.11 Å². The SMILES string of the molecule is CC(C)(C)OC(=O)Nc1cc(N2C(=S)N(c3ccc(C#N)c(C(F)(F)F)c3)C(=O)C2(C)C)ccc1Cl. The second-order valence-corrected chi connectivity index (χ2v) is 10.2. The van der Waals surface area contributed by atoms with E-state index in [1.54, 1.807) is 40.7 Å². The largest absolute Gasteiger partial charge is 0.444 e. The van der Waals surface area contributed by atoms with Gasteiger partial charge in [0.25, 0.3) is 5.91 Å². The zero-order valence-corrected chi connectivity index (χ0v) is 21.5. The van der Waals surface area contributed by atoms with E-state index in [-0.39, 0.29) is 21.5 Å². The molecular weight excluding hydrogens is 517 g/mol. The molecule has 0 bridgehead atoms. The minimum absolute atomic E-state index is 0.0895. The van der Waals surface area contributed by atoms with Crippen molar-refractivity contribution in [1.29, 1.82) is 5.26 Å². The van der Waals surface area contributed by atoms with Crippen LogP contribution in [0.3, 0.4) is 0 Å². The molecule has 1 aliphatic rings. The molecular formula is C24H22ClF3N4O3S. The Labute approximate surface area is 216 Å². The molecule has 2 aromatic carbocycles. The number of carbonyl (C=O) groups is 2. The van der Waals surface area contributed by atoms with Crippen molar-refractivity contribution in [2.45, 2.75) is 51.9 Å². The molecule has 2 aromatic rings. The number of halogens is 4. The lowest BCUT2D eigenvalue weighted by Gasteiger charge is -2.30. The van der Waals surface area contributed by atoms with E-state index in [1.807, 2.05) is 0 Å². The van der Waals surface area contributed by atoms with Gasteiger partial charge in [-0.25, -0.2) is 4.79 Å². The van der Waals surface area contributed by atoms with Gasteiger partial charge in [0.2, 0.25) is 0 Å². The first kappa shape index (κ1) is 27.2. The maximum Gasteiger partial charge on any atom is 0.417 e. The Morgan fingerprint density at radius 1 is 1.14 bits per heavy atom. The molecule has 1 saturated heterocycles. The fraction of sp³-hybridized carbons (Fsp3) is 0.333. The average molecular weight is 539 g/mol. The highest BCUT2D eigenvalue weighted by Gasteiger charge is 2.50. The molecule has 190 valence electrons. The zero-order valence-electron chi connectivity index (χ0n) is 20.0. The van der Waals surface area contributed by atoms with Gasteiger partial charge in [0.05, 0.1) is 33.6 Å². The highest BCUT2D eigenvalue weighted by molar-refractivity contribution is 7.81. The van der Waals surface area contributed by atoms with Crippen LogP contribution in [0.15, 0.2) is 36.4 Å². The van der Waals surface area contributed by atoms with Crippen molar-refractivity contribution in [3.05, 3.63) is 52.5 Å². The maximum absolute atomic E-state index is 13.5. The molecule has 0 radical (unpaired) electrons. The highest BCUT2D eigenvalue weighted by atomic mass is 35.5. The fourth-order valence-corrected chi connectivity index (χ4v) is 4.31. The third-order valence-corrected chi connectivity index (χ3v) is 5.89. The van der Waals surface area contributed by atoms with Crippen LogP contribution in [0, 0.1) is 11.3 Å². The normalized spacial score (nSPS) is 15.7. The van der Waals surface area contributed by atoms with Crippen molar-refractivity contribution in [3.8, 4) is 6.07 Å². The number of hydrogen-bond acceptors (Lipinski definition) is 5. The van der Waals surface area contributed by atoms with Gasteiger partial charge in [-0.2, -0.15) is 18.4 Å². The summed E-state index contributed by atoms with van der Waals surface area (Å²) in [5.41, 5.74) is -3.39. The van der Waals surface area contributed by atoms with Crippen LogP contribution >= 0.6 is 23.8 Å². The summed E-state index contributed by atoms with van der Waals surface area (Å²) in [4.78, 5) is 28.0. The van der Waals surface area contributed by atoms with Crippen molar-refractivity contribution >= 4 is 58.0 Å². The van der Waals surface area contributed by atoms with Crippen LogP contribution in [-0.4, -0.2) is 28.3 Å². The van der Waals surface area contributed by atoms with Crippen LogP contribution in [-0.2, 0) is 15.7 Å². The van der Waals surface area contributed by atoms with Gasteiger partial charge in [-0.3, -0.25) is 15.0 Å². The van der Waals surface area contributed by atoms with Crippen LogP contribution in [0.5, 0.6) is 0 Å². The molecule has 36 heavy (non-hydrogen) atoms. The van der Waals surface area contributed by atoms with Crippen molar-refractivity contribution < 1.29 is 27.5 Å². The minimum atomic E-state index is -4.81. The average Bonchev–Trinajstić information content (AvgIpc) is 2.91. The van der Waals surface area contributed by atoms with E-state index >= 15 is 0 Å². The highest BCUT2D eigenvalue weighted by Crippen LogP contribution is 2.41. The number of hydrogen-bond donors (Lipinski definition) is 1. The van der Waals surface area contributed by atoms with Gasteiger partial charge in [-0.15, -0.1) is 0 Å². The van der Waals surface area contributed by atoms with E-state index in [9.17, 15) is 22.8 Å². The summed E-state index contributed by atoms with van der Waals surface area (Å²) in [5.74, 6) is -0.582. The second-order valence-electron chi connectivity index (χ2n) is 9.45. The molecule has 1 N–H and O–H groups in total. The van der Waals surface area contributed by atoms with Crippen LogP contribution < -0.4 is 15.1 Å². The first-order valence-electron chi connectivity index (χ1n) is 10.6. The number of carbonyl (C=O) groups excluding carboxylic acids is 2. The van der Waals surface area contributed by atoms with Crippen LogP contribution in [0.4, 0.5) is 35.0 Å². The lowest BCUT2D eigenvalue weighted by molar-refractivity contribution is -0.137. The molecule has 0 aliphatic carbocycles. The first-order chi connectivity index (χ1) is 16.5. The maximum atomic E-state index is 13.5. The third-order valence-electron chi connectivity index (χ3n) is 5.20. The topological polar surface area (TPSA) is 85.7 Å². The van der Waals surface area contributed by atoms with E-state index in [0.29, 0.717) is 5.69 Å². The van der Waals surface area contributed by atoms with Crippen molar-refractivity contribution in [3.63, 3.8) is 0 Å². The number of nitrogens with one attached hydrogen (secondary N) is 1. The Morgan fingerprint density at radius 2 is 1.75 bits per heavy atom. The number of alkyl halides is 3. The molecule has 2 amide bonds. The molecule has 0 aromatic heterocycles. The number of benzene rings is 2. The molecule has 0 spiro atoms. The fourth-order valence-electron chi connectivity index (χ4n) is 3.62. The number of anilines is 3. The van der Waals surface area contributed by atoms with Crippen molar-refractivity contribution in [1.82, 2.24) is 0 Å². The summed E-state index contributed by atoms with van der Waals surface area (Å²) in [6.45, 7) is 8.22. The van der Waals surface area contributed by atoms with Crippen LogP contribution in [0.25, 0.3) is 0 Å². The lowest BCUT2D eigenvalue weighted by atomic mass is 10.0. The van der Waals surface area contributed by atoms with Gasteiger partial charge in [0, 0.05) is 5.69 Å². The van der Waals surface area contributed by atoms with Crippen LogP contribution in [0.2, 0.25) is 5.02 Å². The molecule has 12 heteroatoms.